The number of carbonyl (C=O) groups is 3. The van der Waals surface area contributed by atoms with Gasteiger partial charge in [-0.2, -0.15) is 0 Å². The van der Waals surface area contributed by atoms with Gasteiger partial charge < -0.3 is 15.1 Å². The molecule has 1 aromatic rings. The molecule has 0 aromatic carbocycles. The van der Waals surface area contributed by atoms with Gasteiger partial charge in [0.25, 0.3) is 0 Å². The molecular formula is C16H21NO5S2. The highest BCUT2D eigenvalue weighted by Gasteiger charge is 2.42. The number of amides is 1. The quantitative estimate of drug-likeness (QED) is 0.647. The molecule has 1 unspecified atom stereocenters. The fraction of sp³-hybridized carbons (Fsp3) is 0.562. The van der Waals surface area contributed by atoms with Crippen LogP contribution < -0.4 is 0 Å². The number of thioether (sulfide) groups is 1. The van der Waals surface area contributed by atoms with E-state index in [9.17, 15) is 19.5 Å². The molecule has 2 N–H and O–H groups in total. The van der Waals surface area contributed by atoms with Crippen LogP contribution in [-0.2, 0) is 14.4 Å². The molecule has 1 fully saturated rings. The lowest BCUT2D eigenvalue weighted by atomic mass is 10.1. The molecule has 6 nitrogen and oxygen atoms in total. The minimum absolute atomic E-state index is 0.135. The monoisotopic (exact) mass is 371 g/mol. The van der Waals surface area contributed by atoms with Gasteiger partial charge in [0.1, 0.15) is 11.4 Å². The van der Waals surface area contributed by atoms with Gasteiger partial charge in [-0.1, -0.05) is 18.9 Å². The normalized spacial score (nSPS) is 20.2. The fourth-order valence-corrected chi connectivity index (χ4v) is 5.10. The third kappa shape index (κ3) is 4.98. The Kier molecular flexibility index (Phi) is 7.11. The van der Waals surface area contributed by atoms with Crippen molar-refractivity contribution in [3.8, 4) is 0 Å². The van der Waals surface area contributed by atoms with Crippen molar-refractivity contribution in [3.05, 3.63) is 22.4 Å². The summed E-state index contributed by atoms with van der Waals surface area (Å²) in [5, 5.41) is 19.7. The number of hydrogen-bond donors (Lipinski definition) is 2. The predicted octanol–water partition coefficient (Wildman–Crippen LogP) is 3.20. The van der Waals surface area contributed by atoms with Crippen LogP contribution in [0.15, 0.2) is 17.5 Å². The van der Waals surface area contributed by atoms with Crippen LogP contribution in [0.3, 0.4) is 0 Å². The number of unbranched alkanes of at least 4 members (excludes halogenated alkanes) is 3. The Balaban J connectivity index is 1.88. The summed E-state index contributed by atoms with van der Waals surface area (Å²) in [7, 11) is 0. The first-order valence-corrected chi connectivity index (χ1v) is 9.84. The maximum absolute atomic E-state index is 12.6. The van der Waals surface area contributed by atoms with E-state index in [1.807, 2.05) is 17.5 Å². The first-order valence-electron chi connectivity index (χ1n) is 7.91. The summed E-state index contributed by atoms with van der Waals surface area (Å²) in [6.07, 6.45) is 3.27. The van der Waals surface area contributed by atoms with Crippen LogP contribution >= 0.6 is 23.1 Å². The lowest BCUT2D eigenvalue weighted by Crippen LogP contribution is -2.42. The molecule has 8 heteroatoms. The maximum Gasteiger partial charge on any atom is 0.327 e. The molecule has 2 heterocycles. The van der Waals surface area contributed by atoms with Crippen LogP contribution in [0.25, 0.3) is 0 Å². The molecule has 1 aliphatic heterocycles. The predicted molar refractivity (Wildman–Crippen MR) is 93.1 cm³/mol. The molecule has 1 aliphatic rings. The van der Waals surface area contributed by atoms with Gasteiger partial charge >= 0.3 is 11.9 Å². The van der Waals surface area contributed by atoms with Crippen LogP contribution in [0.4, 0.5) is 0 Å². The zero-order valence-electron chi connectivity index (χ0n) is 13.2. The van der Waals surface area contributed by atoms with Crippen LogP contribution in [-0.4, -0.2) is 44.8 Å². The number of carboxylic acids is 2. The van der Waals surface area contributed by atoms with Crippen molar-refractivity contribution in [2.24, 2.45) is 0 Å². The topological polar surface area (TPSA) is 94.9 Å². The molecule has 1 aromatic heterocycles. The number of rotatable bonds is 9. The summed E-state index contributed by atoms with van der Waals surface area (Å²) in [5.74, 6) is -1.49. The average molecular weight is 371 g/mol. The highest BCUT2D eigenvalue weighted by Crippen LogP contribution is 2.43. The van der Waals surface area contributed by atoms with E-state index in [0.717, 1.165) is 17.7 Å². The van der Waals surface area contributed by atoms with Gasteiger partial charge in [0.2, 0.25) is 5.91 Å². The fourth-order valence-electron chi connectivity index (χ4n) is 2.69. The molecular weight excluding hydrogens is 350 g/mol. The average Bonchev–Trinajstić information content (AvgIpc) is 3.17. The molecule has 0 saturated carbocycles. The molecule has 0 spiro atoms. The van der Waals surface area contributed by atoms with E-state index in [1.54, 1.807) is 0 Å². The number of thiophene rings is 1. The Labute approximate surface area is 148 Å². The van der Waals surface area contributed by atoms with Crippen molar-refractivity contribution >= 4 is 40.9 Å². The van der Waals surface area contributed by atoms with E-state index >= 15 is 0 Å². The molecule has 0 bridgehead atoms. The van der Waals surface area contributed by atoms with Gasteiger partial charge in [-0.15, -0.1) is 23.1 Å². The van der Waals surface area contributed by atoms with E-state index < -0.39 is 18.0 Å². The van der Waals surface area contributed by atoms with Crippen LogP contribution in [0.1, 0.15) is 48.8 Å². The van der Waals surface area contributed by atoms with Crippen LogP contribution in [0.5, 0.6) is 0 Å². The van der Waals surface area contributed by atoms with Gasteiger partial charge in [0, 0.05) is 23.5 Å². The minimum atomic E-state index is -0.962. The van der Waals surface area contributed by atoms with E-state index in [0.29, 0.717) is 25.0 Å². The van der Waals surface area contributed by atoms with Crippen molar-refractivity contribution in [1.29, 1.82) is 0 Å². The molecule has 2 atom stereocenters. The summed E-state index contributed by atoms with van der Waals surface area (Å²) in [4.78, 5) is 37.0. The number of aliphatic carboxylic acids is 2. The molecule has 1 saturated heterocycles. The third-order valence-corrected chi connectivity index (χ3v) is 6.27. The van der Waals surface area contributed by atoms with Crippen LogP contribution in [0.2, 0.25) is 0 Å². The van der Waals surface area contributed by atoms with Crippen molar-refractivity contribution < 1.29 is 24.6 Å². The second-order valence-electron chi connectivity index (χ2n) is 5.66. The van der Waals surface area contributed by atoms with E-state index in [1.165, 1.54) is 28.0 Å². The Morgan fingerprint density at radius 3 is 2.42 bits per heavy atom. The summed E-state index contributed by atoms with van der Waals surface area (Å²) in [6, 6.07) is 3.06. The Morgan fingerprint density at radius 2 is 1.83 bits per heavy atom. The van der Waals surface area contributed by atoms with E-state index in [4.69, 9.17) is 5.11 Å². The lowest BCUT2D eigenvalue weighted by molar-refractivity contribution is -0.149. The molecule has 1 amide bonds. The summed E-state index contributed by atoms with van der Waals surface area (Å²) in [5.41, 5.74) is 0. The second-order valence-corrected chi connectivity index (χ2v) is 7.76. The third-order valence-electron chi connectivity index (χ3n) is 3.89. The number of nitrogens with zero attached hydrogens (tertiary/aromatic N) is 1. The summed E-state index contributed by atoms with van der Waals surface area (Å²) < 4.78 is 0. The maximum atomic E-state index is 12.6. The summed E-state index contributed by atoms with van der Waals surface area (Å²) >= 11 is 3.02. The van der Waals surface area contributed by atoms with Crippen molar-refractivity contribution in [1.82, 2.24) is 4.90 Å². The highest BCUT2D eigenvalue weighted by molar-refractivity contribution is 7.99. The molecule has 132 valence electrons. The van der Waals surface area contributed by atoms with Crippen molar-refractivity contribution in [3.63, 3.8) is 0 Å². The number of hydrogen-bond acceptors (Lipinski definition) is 5. The largest absolute Gasteiger partial charge is 0.481 e. The Hall–Kier alpha value is -1.54. The number of carboxylic acid groups (broad SMARTS) is 2. The Bertz CT molecular complexity index is 575. The van der Waals surface area contributed by atoms with Crippen LogP contribution in [0, 0.1) is 0 Å². The van der Waals surface area contributed by atoms with E-state index in [2.05, 4.69) is 0 Å². The molecule has 0 radical (unpaired) electrons. The van der Waals surface area contributed by atoms with Crippen molar-refractivity contribution in [2.75, 3.05) is 5.75 Å². The Morgan fingerprint density at radius 1 is 1.12 bits per heavy atom. The van der Waals surface area contributed by atoms with Gasteiger partial charge in [0.05, 0.1) is 0 Å². The smallest absolute Gasteiger partial charge is 0.327 e. The highest BCUT2D eigenvalue weighted by atomic mass is 32.2. The van der Waals surface area contributed by atoms with Crippen molar-refractivity contribution in [2.45, 2.75) is 49.9 Å². The molecule has 2 rings (SSSR count). The van der Waals surface area contributed by atoms with Gasteiger partial charge in [-0.3, -0.25) is 9.59 Å². The zero-order chi connectivity index (χ0) is 17.5. The first kappa shape index (κ1) is 18.8. The van der Waals surface area contributed by atoms with Gasteiger partial charge in [-0.25, -0.2) is 4.79 Å². The van der Waals surface area contributed by atoms with Gasteiger partial charge in [-0.05, 0) is 24.3 Å². The number of carbonyl (C=O) groups excluding carboxylic acids is 1. The lowest BCUT2D eigenvalue weighted by Gasteiger charge is -2.26. The standard InChI is InChI=1S/C16H21NO5S2/c18-13(7-3-1-2-4-8-14(19)20)17-11(16(21)22)10-24-15(17)12-6-5-9-23-12/h5-6,9,11,15H,1-4,7-8,10H2,(H,19,20)(H,21,22)/t11-,15?/m0/s1. The summed E-state index contributed by atoms with van der Waals surface area (Å²) in [6.45, 7) is 0. The molecule has 0 aliphatic carbocycles. The minimum Gasteiger partial charge on any atom is -0.481 e. The first-order chi connectivity index (χ1) is 11.5. The zero-order valence-corrected chi connectivity index (χ0v) is 14.9. The second kappa shape index (κ2) is 9.08. The SMILES string of the molecule is O=C(O)CCCCCCC(=O)N1C(c2cccs2)SC[C@H]1C(=O)O. The van der Waals surface area contributed by atoms with E-state index in [-0.39, 0.29) is 17.7 Å². The molecule has 24 heavy (non-hydrogen) atoms. The van der Waals surface area contributed by atoms with Gasteiger partial charge in [0.15, 0.2) is 0 Å².